The zero-order valence-corrected chi connectivity index (χ0v) is 14.4. The molecule has 1 fully saturated rings. The largest absolute Gasteiger partial charge is 0.364 e. The van der Waals surface area contributed by atoms with E-state index in [9.17, 15) is 13.2 Å². The molecule has 1 saturated heterocycles. The number of nitrogens with one attached hydrogen (secondary N) is 3. The summed E-state index contributed by atoms with van der Waals surface area (Å²) in [4.78, 5) is 7.98. The first kappa shape index (κ1) is 17.0. The summed E-state index contributed by atoms with van der Waals surface area (Å²) < 4.78 is 43.4. The predicted molar refractivity (Wildman–Crippen MR) is 88.9 cm³/mol. The Labute approximate surface area is 150 Å². The Kier molecular flexibility index (Phi) is 3.79. The summed E-state index contributed by atoms with van der Waals surface area (Å²) in [6, 6.07) is 0.927. The second kappa shape index (κ2) is 5.79. The Morgan fingerprint density at radius 2 is 1.85 bits per heavy atom. The fourth-order valence-corrected chi connectivity index (χ4v) is 2.88. The first-order chi connectivity index (χ1) is 12.3. The highest BCUT2D eigenvalue weighted by Crippen LogP contribution is 2.38. The van der Waals surface area contributed by atoms with Crippen LogP contribution < -0.4 is 16.2 Å². The number of hydrazine groups is 1. The van der Waals surface area contributed by atoms with Crippen molar-refractivity contribution in [2.45, 2.75) is 25.6 Å². The third kappa shape index (κ3) is 2.66. The molecule has 3 N–H and O–H groups in total. The highest BCUT2D eigenvalue weighted by molar-refractivity contribution is 6.33. The van der Waals surface area contributed by atoms with Gasteiger partial charge in [0.05, 0.1) is 17.2 Å². The maximum atomic E-state index is 14.4. The summed E-state index contributed by atoms with van der Waals surface area (Å²) in [6.07, 6.45) is 1.24. The fraction of sp³-hybridized carbons (Fsp3) is 0.267. The number of halogens is 4. The van der Waals surface area contributed by atoms with Gasteiger partial charge in [-0.05, 0) is 13.8 Å². The van der Waals surface area contributed by atoms with E-state index in [1.165, 1.54) is 10.8 Å². The lowest BCUT2D eigenvalue weighted by molar-refractivity contribution is 0.547. The van der Waals surface area contributed by atoms with Crippen LogP contribution in [0.15, 0.2) is 18.5 Å². The maximum absolute atomic E-state index is 14.4. The molecule has 26 heavy (non-hydrogen) atoms. The van der Waals surface area contributed by atoms with Gasteiger partial charge >= 0.3 is 0 Å². The van der Waals surface area contributed by atoms with Crippen LogP contribution in [0, 0.1) is 17.5 Å². The molecule has 3 aromatic rings. The van der Waals surface area contributed by atoms with Gasteiger partial charge in [0.1, 0.15) is 40.4 Å². The van der Waals surface area contributed by atoms with E-state index in [4.69, 9.17) is 11.6 Å². The minimum absolute atomic E-state index is 0.0734. The average Bonchev–Trinajstić information content (AvgIpc) is 3.14. The van der Waals surface area contributed by atoms with Crippen molar-refractivity contribution in [3.63, 3.8) is 0 Å². The predicted octanol–water partition coefficient (Wildman–Crippen LogP) is 2.49. The second-order valence-electron chi connectivity index (χ2n) is 6.16. The van der Waals surface area contributed by atoms with E-state index < -0.39 is 28.7 Å². The van der Waals surface area contributed by atoms with E-state index in [0.29, 0.717) is 12.1 Å². The molecular formula is C15H13ClF3N7. The molecule has 1 aromatic carbocycles. The van der Waals surface area contributed by atoms with Crippen LogP contribution in [-0.2, 0) is 0 Å². The minimum Gasteiger partial charge on any atom is -0.364 e. The van der Waals surface area contributed by atoms with Crippen LogP contribution in [0.5, 0.6) is 0 Å². The molecule has 3 heterocycles. The summed E-state index contributed by atoms with van der Waals surface area (Å²) in [7, 11) is 0. The van der Waals surface area contributed by atoms with Gasteiger partial charge in [0.15, 0.2) is 0 Å². The van der Waals surface area contributed by atoms with Crippen molar-refractivity contribution in [1.82, 2.24) is 30.4 Å². The fourth-order valence-electron chi connectivity index (χ4n) is 2.62. The van der Waals surface area contributed by atoms with Gasteiger partial charge in [-0.1, -0.05) is 11.6 Å². The molecule has 0 unspecified atom stereocenters. The van der Waals surface area contributed by atoms with Crippen molar-refractivity contribution in [3.05, 3.63) is 41.1 Å². The molecule has 0 saturated carbocycles. The van der Waals surface area contributed by atoms with E-state index >= 15 is 0 Å². The van der Waals surface area contributed by atoms with E-state index in [0.717, 1.165) is 0 Å². The van der Waals surface area contributed by atoms with Crippen molar-refractivity contribution in [1.29, 1.82) is 0 Å². The van der Waals surface area contributed by atoms with Crippen LogP contribution in [0.2, 0.25) is 5.15 Å². The van der Waals surface area contributed by atoms with Gasteiger partial charge in [0.2, 0.25) is 0 Å². The lowest BCUT2D eigenvalue weighted by Crippen LogP contribution is -2.36. The smallest absolute Gasteiger partial charge is 0.255 e. The Hall–Kier alpha value is -2.43. The molecule has 0 spiro atoms. The zero-order chi connectivity index (χ0) is 18.6. The molecule has 7 nitrogen and oxygen atoms in total. The number of hydrogen-bond acceptors (Lipinski definition) is 6. The SMILES string of the molecule is C[C@H](Nc1c(-c2c(F)cc(F)cc2F)c(Cl)nc2ncnn12)C1(C)NN1. The molecule has 11 heteroatoms. The molecule has 1 atom stereocenters. The van der Waals surface area contributed by atoms with Crippen LogP contribution >= 0.6 is 11.6 Å². The number of aromatic nitrogens is 4. The average molecular weight is 384 g/mol. The number of benzene rings is 1. The van der Waals surface area contributed by atoms with Gasteiger partial charge in [-0.15, -0.1) is 0 Å². The van der Waals surface area contributed by atoms with E-state index in [2.05, 4.69) is 31.2 Å². The monoisotopic (exact) mass is 383 g/mol. The van der Waals surface area contributed by atoms with Crippen LogP contribution in [0.25, 0.3) is 16.9 Å². The Morgan fingerprint density at radius 3 is 2.46 bits per heavy atom. The van der Waals surface area contributed by atoms with Crippen molar-refractivity contribution in [2.24, 2.45) is 0 Å². The third-order valence-corrected chi connectivity index (χ3v) is 4.65. The zero-order valence-electron chi connectivity index (χ0n) is 13.6. The van der Waals surface area contributed by atoms with Crippen LogP contribution in [0.3, 0.4) is 0 Å². The first-order valence-corrected chi connectivity index (χ1v) is 8.03. The van der Waals surface area contributed by atoms with Crippen molar-refractivity contribution in [2.75, 3.05) is 5.32 Å². The van der Waals surface area contributed by atoms with Gasteiger partial charge in [0, 0.05) is 12.1 Å². The molecule has 2 aromatic heterocycles. The molecule has 4 rings (SSSR count). The van der Waals surface area contributed by atoms with Gasteiger partial charge < -0.3 is 5.32 Å². The summed E-state index contributed by atoms with van der Waals surface area (Å²) in [5.41, 5.74) is 4.94. The number of rotatable bonds is 4. The number of hydrogen-bond donors (Lipinski definition) is 3. The highest BCUT2D eigenvalue weighted by atomic mass is 35.5. The van der Waals surface area contributed by atoms with Crippen LogP contribution in [0.4, 0.5) is 19.0 Å². The number of fused-ring (bicyclic) bond motifs is 1. The highest BCUT2D eigenvalue weighted by Gasteiger charge is 2.42. The van der Waals surface area contributed by atoms with Gasteiger partial charge in [-0.2, -0.15) is 19.6 Å². The topological polar surface area (TPSA) is 99.0 Å². The first-order valence-electron chi connectivity index (χ1n) is 7.65. The molecule has 0 bridgehead atoms. The molecule has 1 aliphatic rings. The summed E-state index contributed by atoms with van der Waals surface area (Å²) in [5, 5.41) is 6.99. The summed E-state index contributed by atoms with van der Waals surface area (Å²) in [6.45, 7) is 3.75. The standard InChI is InChI=1S/C15H13ClF3N7/c1-6(15(2)24-25-15)22-13-11(10-8(18)3-7(17)4-9(10)19)12(16)23-14-20-5-21-26(13)14/h3-6,22,24-25H,1-2H3/t6-/m0/s1. The normalized spacial score (nSPS) is 16.7. The Bertz CT molecular complexity index is 995. The van der Waals surface area contributed by atoms with Gasteiger partial charge in [0.25, 0.3) is 5.78 Å². The van der Waals surface area contributed by atoms with Crippen molar-refractivity contribution in [3.8, 4) is 11.1 Å². The van der Waals surface area contributed by atoms with Gasteiger partial charge in [-0.25, -0.2) is 24.0 Å². The Morgan fingerprint density at radius 1 is 1.19 bits per heavy atom. The van der Waals surface area contributed by atoms with Crippen molar-refractivity contribution < 1.29 is 13.2 Å². The summed E-state index contributed by atoms with van der Waals surface area (Å²) >= 11 is 6.21. The van der Waals surface area contributed by atoms with Crippen LogP contribution in [0.1, 0.15) is 13.8 Å². The van der Waals surface area contributed by atoms with Gasteiger partial charge in [-0.3, -0.25) is 0 Å². The lowest BCUT2D eigenvalue weighted by atomic mass is 10.0. The molecular weight excluding hydrogens is 371 g/mol. The molecule has 0 amide bonds. The second-order valence-corrected chi connectivity index (χ2v) is 6.52. The van der Waals surface area contributed by atoms with E-state index in [-0.39, 0.29) is 28.4 Å². The quantitative estimate of drug-likeness (QED) is 0.473. The molecule has 0 aliphatic carbocycles. The van der Waals surface area contributed by atoms with Crippen molar-refractivity contribution >= 4 is 23.2 Å². The molecule has 136 valence electrons. The van der Waals surface area contributed by atoms with Crippen LogP contribution in [-0.4, -0.2) is 31.3 Å². The minimum atomic E-state index is -1.10. The maximum Gasteiger partial charge on any atom is 0.255 e. The molecule has 1 aliphatic heterocycles. The van der Waals surface area contributed by atoms with E-state index in [1.807, 2.05) is 13.8 Å². The Balaban J connectivity index is 1.97. The lowest BCUT2D eigenvalue weighted by Gasteiger charge is -2.22. The summed E-state index contributed by atoms with van der Waals surface area (Å²) in [5.74, 6) is -2.90. The van der Waals surface area contributed by atoms with E-state index in [1.54, 1.807) is 0 Å². The number of nitrogens with zero attached hydrogens (tertiary/aromatic N) is 4. The number of anilines is 1. The molecule has 0 radical (unpaired) electrons. The third-order valence-electron chi connectivity index (χ3n) is 4.38.